The lowest BCUT2D eigenvalue weighted by molar-refractivity contribution is -0.140. The van der Waals surface area contributed by atoms with Crippen molar-refractivity contribution in [1.82, 2.24) is 15.2 Å². The Balaban J connectivity index is 1.63. The molecule has 0 bridgehead atoms. The van der Waals surface area contributed by atoms with Gasteiger partial charge in [-0.1, -0.05) is 32.1 Å². The lowest BCUT2D eigenvalue weighted by atomic mass is 9.80. The van der Waals surface area contributed by atoms with Gasteiger partial charge in [0.25, 0.3) is 0 Å². The van der Waals surface area contributed by atoms with E-state index >= 15 is 0 Å². The number of likely N-dealkylation sites (N-methyl/N-ethyl adjacent to an activating group) is 1. The molecule has 5 heteroatoms. The average molecular weight is 353 g/mol. The minimum Gasteiger partial charge on any atom is -0.480 e. The van der Waals surface area contributed by atoms with Crippen LogP contribution in [0, 0.1) is 11.8 Å². The van der Waals surface area contributed by atoms with Gasteiger partial charge in [0, 0.05) is 42.1 Å². The maximum absolute atomic E-state index is 11.4. The van der Waals surface area contributed by atoms with E-state index in [9.17, 15) is 9.90 Å². The molecular formula is C21H27N3O2. The molecule has 5 nitrogen and oxygen atoms in total. The maximum Gasteiger partial charge on any atom is 0.320 e. The topological polar surface area (TPSA) is 68.4 Å². The molecule has 3 N–H and O–H groups in total. The number of hydrogen-bond acceptors (Lipinski definition) is 3. The number of nitrogens with zero attached hydrogens (tertiary/aromatic N) is 1. The molecule has 0 radical (unpaired) electrons. The van der Waals surface area contributed by atoms with Gasteiger partial charge >= 0.3 is 5.97 Å². The van der Waals surface area contributed by atoms with Crippen LogP contribution in [-0.4, -0.2) is 53.2 Å². The van der Waals surface area contributed by atoms with E-state index in [1.54, 1.807) is 0 Å². The molecule has 1 aromatic heterocycles. The largest absolute Gasteiger partial charge is 0.480 e. The van der Waals surface area contributed by atoms with Crippen LogP contribution in [0.1, 0.15) is 25.0 Å². The molecular weight excluding hydrogens is 326 g/mol. The van der Waals surface area contributed by atoms with Crippen molar-refractivity contribution >= 4 is 22.4 Å². The number of carbonyl (C=O) groups is 1. The quantitative estimate of drug-likeness (QED) is 0.773. The van der Waals surface area contributed by atoms with Crippen molar-refractivity contribution in [3.05, 3.63) is 41.6 Å². The van der Waals surface area contributed by atoms with Gasteiger partial charge in [0.05, 0.1) is 0 Å². The molecule has 4 rings (SSSR count). The number of nitrogens with one attached hydrogen (secondary N) is 2. The minimum absolute atomic E-state index is 0.0695. The van der Waals surface area contributed by atoms with Crippen molar-refractivity contribution in [1.29, 1.82) is 0 Å². The summed E-state index contributed by atoms with van der Waals surface area (Å²) in [4.78, 5) is 17.3. The molecule has 1 aliphatic carbocycles. The summed E-state index contributed by atoms with van der Waals surface area (Å²) in [5.74, 6) is -0.392. The molecule has 0 fully saturated rings. The van der Waals surface area contributed by atoms with Gasteiger partial charge in [0.15, 0.2) is 0 Å². The standard InChI is InChI=1S/C21H27N3O2/c1-12(2)20(21(25)26)23-9-13-7-16-15-5-4-6-17-19(15)14(10-22-17)8-18(16)24(3)11-13/h4-7,10,12-13,18,20,22-23H,8-9,11H2,1-3H3,(H,25,26)/t13-,18+,20-/m0/s1. The lowest BCUT2D eigenvalue weighted by Crippen LogP contribution is -2.48. The number of H-pyrrole nitrogens is 1. The predicted molar refractivity (Wildman–Crippen MR) is 104 cm³/mol. The number of fused-ring (bicyclic) bond motifs is 2. The summed E-state index contributed by atoms with van der Waals surface area (Å²) in [6.45, 7) is 5.53. The number of rotatable bonds is 5. The Kier molecular flexibility index (Phi) is 4.37. The summed E-state index contributed by atoms with van der Waals surface area (Å²) in [5.41, 5.74) is 5.31. The second-order valence-electron chi connectivity index (χ2n) is 8.05. The van der Waals surface area contributed by atoms with Crippen LogP contribution in [0.15, 0.2) is 30.5 Å². The summed E-state index contributed by atoms with van der Waals surface area (Å²) in [6.07, 6.45) is 5.55. The predicted octanol–water partition coefficient (Wildman–Crippen LogP) is 2.74. The Bertz CT molecular complexity index is 867. The normalized spacial score (nSPS) is 23.8. The Morgan fingerprint density at radius 3 is 2.96 bits per heavy atom. The van der Waals surface area contributed by atoms with Gasteiger partial charge < -0.3 is 15.4 Å². The van der Waals surface area contributed by atoms with Crippen LogP contribution in [0.3, 0.4) is 0 Å². The molecule has 0 saturated heterocycles. The van der Waals surface area contributed by atoms with Gasteiger partial charge in [-0.2, -0.15) is 0 Å². The second kappa shape index (κ2) is 6.56. The van der Waals surface area contributed by atoms with Crippen LogP contribution in [0.5, 0.6) is 0 Å². The number of hydrogen-bond donors (Lipinski definition) is 3. The molecule has 2 aromatic rings. The van der Waals surface area contributed by atoms with Crippen LogP contribution in [-0.2, 0) is 11.2 Å². The second-order valence-corrected chi connectivity index (χ2v) is 8.05. The Labute approximate surface area is 154 Å². The molecule has 2 aliphatic rings. The highest BCUT2D eigenvalue weighted by Gasteiger charge is 2.34. The Morgan fingerprint density at radius 2 is 2.23 bits per heavy atom. The highest BCUT2D eigenvalue weighted by molar-refractivity contribution is 5.98. The van der Waals surface area contributed by atoms with Gasteiger partial charge in [0.1, 0.15) is 6.04 Å². The molecule has 2 heterocycles. The molecule has 138 valence electrons. The summed E-state index contributed by atoms with van der Waals surface area (Å²) >= 11 is 0. The molecule has 1 aliphatic heterocycles. The van der Waals surface area contributed by atoms with E-state index in [-0.39, 0.29) is 5.92 Å². The maximum atomic E-state index is 11.4. The third kappa shape index (κ3) is 2.85. The van der Waals surface area contributed by atoms with E-state index < -0.39 is 12.0 Å². The van der Waals surface area contributed by atoms with Crippen molar-refractivity contribution < 1.29 is 9.90 Å². The van der Waals surface area contributed by atoms with Crippen LogP contribution in [0.25, 0.3) is 16.5 Å². The summed E-state index contributed by atoms with van der Waals surface area (Å²) < 4.78 is 0. The van der Waals surface area contributed by atoms with Crippen molar-refractivity contribution in [2.24, 2.45) is 11.8 Å². The van der Waals surface area contributed by atoms with Gasteiger partial charge in [-0.3, -0.25) is 9.69 Å². The monoisotopic (exact) mass is 353 g/mol. The van der Waals surface area contributed by atoms with Gasteiger partial charge in [-0.05, 0) is 42.2 Å². The number of carboxylic acid groups (broad SMARTS) is 1. The molecule has 1 aromatic carbocycles. The first kappa shape index (κ1) is 17.3. The fourth-order valence-electron chi connectivity index (χ4n) is 4.56. The number of aliphatic carboxylic acids is 1. The van der Waals surface area contributed by atoms with E-state index in [2.05, 4.69) is 52.7 Å². The first-order valence-electron chi connectivity index (χ1n) is 9.43. The smallest absolute Gasteiger partial charge is 0.320 e. The molecule has 26 heavy (non-hydrogen) atoms. The number of aromatic nitrogens is 1. The first-order valence-corrected chi connectivity index (χ1v) is 9.43. The highest BCUT2D eigenvalue weighted by atomic mass is 16.4. The minimum atomic E-state index is -0.769. The highest BCUT2D eigenvalue weighted by Crippen LogP contribution is 2.40. The van der Waals surface area contributed by atoms with Crippen LogP contribution in [0.4, 0.5) is 0 Å². The van der Waals surface area contributed by atoms with Gasteiger partial charge in [-0.15, -0.1) is 0 Å². The molecule has 0 spiro atoms. The molecule has 0 amide bonds. The van der Waals surface area contributed by atoms with Gasteiger partial charge in [0.2, 0.25) is 0 Å². The first-order chi connectivity index (χ1) is 12.5. The SMILES string of the molecule is CC(C)[C@H](NC[C@@H]1C=C2c3cccc4[nH]cc(c34)C[C@H]2N(C)C1)C(=O)O. The van der Waals surface area contributed by atoms with E-state index in [0.29, 0.717) is 18.5 Å². The lowest BCUT2D eigenvalue weighted by Gasteiger charge is -2.40. The van der Waals surface area contributed by atoms with E-state index in [1.165, 1.54) is 27.6 Å². The van der Waals surface area contributed by atoms with Crippen molar-refractivity contribution in [3.63, 3.8) is 0 Å². The fraction of sp³-hybridized carbons (Fsp3) is 0.476. The number of carboxylic acids is 1. The zero-order valence-corrected chi connectivity index (χ0v) is 15.6. The molecule has 0 saturated carbocycles. The van der Waals surface area contributed by atoms with E-state index in [1.807, 2.05) is 13.8 Å². The zero-order chi connectivity index (χ0) is 18.4. The van der Waals surface area contributed by atoms with Crippen LogP contribution < -0.4 is 5.32 Å². The average Bonchev–Trinajstić information content (AvgIpc) is 3.00. The van der Waals surface area contributed by atoms with Gasteiger partial charge in [-0.25, -0.2) is 0 Å². The van der Waals surface area contributed by atoms with Crippen LogP contribution in [0.2, 0.25) is 0 Å². The van der Waals surface area contributed by atoms with Crippen molar-refractivity contribution in [2.75, 3.05) is 20.1 Å². The zero-order valence-electron chi connectivity index (χ0n) is 15.6. The fourth-order valence-corrected chi connectivity index (χ4v) is 4.56. The third-order valence-electron chi connectivity index (χ3n) is 5.87. The summed E-state index contributed by atoms with van der Waals surface area (Å²) in [7, 11) is 2.18. The van der Waals surface area contributed by atoms with E-state index in [0.717, 1.165) is 13.0 Å². The van der Waals surface area contributed by atoms with Crippen LogP contribution >= 0.6 is 0 Å². The summed E-state index contributed by atoms with van der Waals surface area (Å²) in [5, 5.41) is 14.0. The van der Waals surface area contributed by atoms with E-state index in [4.69, 9.17) is 0 Å². The number of aromatic amines is 1. The molecule has 3 atom stereocenters. The Morgan fingerprint density at radius 1 is 1.42 bits per heavy atom. The Hall–Kier alpha value is -2.11. The molecule has 0 unspecified atom stereocenters. The summed E-state index contributed by atoms with van der Waals surface area (Å²) in [6, 6.07) is 6.37. The third-order valence-corrected chi connectivity index (χ3v) is 5.87. The van der Waals surface area contributed by atoms with Crippen molar-refractivity contribution in [3.8, 4) is 0 Å². The van der Waals surface area contributed by atoms with Crippen molar-refractivity contribution in [2.45, 2.75) is 32.4 Å². The number of benzene rings is 1.